The minimum absolute atomic E-state index is 0.140. The Morgan fingerprint density at radius 2 is 2.00 bits per heavy atom. The number of aryl methyl sites for hydroxylation is 1. The third kappa shape index (κ3) is 2.68. The molecule has 0 saturated carbocycles. The van der Waals surface area contributed by atoms with Crippen molar-refractivity contribution in [1.29, 1.82) is 0 Å². The van der Waals surface area contributed by atoms with Gasteiger partial charge < -0.3 is 0 Å². The van der Waals surface area contributed by atoms with Gasteiger partial charge >= 0.3 is 0 Å². The van der Waals surface area contributed by atoms with Crippen LogP contribution in [0.15, 0.2) is 41.8 Å². The Morgan fingerprint density at radius 3 is 2.50 bits per heavy atom. The fourth-order valence-corrected chi connectivity index (χ4v) is 1.68. The van der Waals surface area contributed by atoms with Crippen LogP contribution in [-0.2, 0) is 14.3 Å². The number of benzene rings is 1. The van der Waals surface area contributed by atoms with Crippen LogP contribution in [0.3, 0.4) is 0 Å². The molecule has 0 bridgehead atoms. The van der Waals surface area contributed by atoms with Crippen LogP contribution in [0, 0.1) is 13.5 Å². The molecule has 0 aliphatic carbocycles. The summed E-state index contributed by atoms with van der Waals surface area (Å²) < 4.78 is 27.3. The van der Waals surface area contributed by atoms with E-state index in [1.807, 2.05) is 6.92 Å². The van der Waals surface area contributed by atoms with E-state index >= 15 is 0 Å². The van der Waals surface area contributed by atoms with E-state index < -0.39 is 10.1 Å². The van der Waals surface area contributed by atoms with Crippen LogP contribution in [0.25, 0.3) is 0 Å². The highest BCUT2D eigenvalue weighted by atomic mass is 32.2. The first-order valence-corrected chi connectivity index (χ1v) is 5.41. The Morgan fingerprint density at radius 1 is 1.43 bits per heavy atom. The van der Waals surface area contributed by atoms with Crippen molar-refractivity contribution in [1.82, 2.24) is 0 Å². The van der Waals surface area contributed by atoms with Crippen LogP contribution >= 0.6 is 0 Å². The van der Waals surface area contributed by atoms with Crippen molar-refractivity contribution in [3.8, 4) is 0 Å². The second-order valence-electron chi connectivity index (χ2n) is 2.74. The lowest BCUT2D eigenvalue weighted by atomic mass is 10.3. The molecule has 1 aromatic rings. The summed E-state index contributed by atoms with van der Waals surface area (Å²) in [4.78, 5) is 0.140. The normalized spacial score (nSPS) is 11.2. The lowest BCUT2D eigenvalue weighted by Crippen LogP contribution is -2.03. The van der Waals surface area contributed by atoms with E-state index in [2.05, 4.69) is 10.8 Å². The Labute approximate surface area is 84.1 Å². The molecule has 0 unspecified atom stereocenters. The maximum absolute atomic E-state index is 11.4. The molecule has 1 radical (unpaired) electrons. The zero-order valence-corrected chi connectivity index (χ0v) is 8.62. The highest BCUT2D eigenvalue weighted by Crippen LogP contribution is 2.13. The standard InChI is InChI=1S/C10H11O3S/c1-3-8-13-14(11,12)10-6-4-9(2)5-7-10/h3-8H,1H2,2H3/i10+2. The van der Waals surface area contributed by atoms with E-state index in [9.17, 15) is 8.42 Å². The van der Waals surface area contributed by atoms with Crippen LogP contribution in [-0.4, -0.2) is 8.42 Å². The Bertz CT molecular complexity index is 403. The molecule has 0 aliphatic heterocycles. The van der Waals surface area contributed by atoms with Crippen molar-refractivity contribution in [2.45, 2.75) is 11.8 Å². The average Bonchev–Trinajstić information content (AvgIpc) is 2.16. The van der Waals surface area contributed by atoms with Gasteiger partial charge in [-0.25, -0.2) is 0 Å². The van der Waals surface area contributed by atoms with Crippen LogP contribution < -0.4 is 0 Å². The molecule has 75 valence electrons. The van der Waals surface area contributed by atoms with Gasteiger partial charge in [-0.3, -0.25) is 4.18 Å². The largest absolute Gasteiger partial charge is 0.297 e. The zero-order valence-electron chi connectivity index (χ0n) is 7.80. The van der Waals surface area contributed by atoms with Gasteiger partial charge in [-0.1, -0.05) is 23.8 Å². The number of rotatable bonds is 4. The highest BCUT2D eigenvalue weighted by molar-refractivity contribution is 7.86. The predicted octanol–water partition coefficient (Wildman–Crippen LogP) is 2.05. The fourth-order valence-electron chi connectivity index (χ4n) is 0.873. The van der Waals surface area contributed by atoms with E-state index in [1.165, 1.54) is 18.2 Å². The van der Waals surface area contributed by atoms with E-state index in [-0.39, 0.29) is 4.90 Å². The van der Waals surface area contributed by atoms with Crippen LogP contribution in [0.4, 0.5) is 0 Å². The third-order valence-electron chi connectivity index (χ3n) is 1.59. The number of hydrogen-bond acceptors (Lipinski definition) is 3. The summed E-state index contributed by atoms with van der Waals surface area (Å²) in [6.07, 6.45) is 1.27. The molecule has 0 amide bonds. The molecule has 0 aliphatic rings. The lowest BCUT2D eigenvalue weighted by Gasteiger charge is -2.02. The second-order valence-corrected chi connectivity index (χ2v) is 4.31. The van der Waals surface area contributed by atoms with Gasteiger partial charge in [-0.2, -0.15) is 8.42 Å². The molecule has 0 N–H and O–H groups in total. The van der Waals surface area contributed by atoms with Gasteiger partial charge in [0.1, 0.15) is 6.61 Å². The predicted molar refractivity (Wildman–Crippen MR) is 53.9 cm³/mol. The molecule has 1 aromatic carbocycles. The second kappa shape index (κ2) is 4.39. The first kappa shape index (κ1) is 10.9. The molecule has 0 saturated heterocycles. The van der Waals surface area contributed by atoms with Crippen molar-refractivity contribution in [3.63, 3.8) is 0 Å². The minimum Gasteiger partial charge on any atom is -0.256 e. The minimum atomic E-state index is -3.67. The first-order valence-electron chi connectivity index (χ1n) is 4.00. The van der Waals surface area contributed by atoms with Crippen molar-refractivity contribution in [3.05, 3.63) is 49.1 Å². The maximum atomic E-state index is 11.4. The smallest absolute Gasteiger partial charge is 0.256 e. The van der Waals surface area contributed by atoms with Crippen molar-refractivity contribution in [2.24, 2.45) is 0 Å². The first-order chi connectivity index (χ1) is 6.56. The average molecular weight is 213 g/mol. The summed E-state index contributed by atoms with van der Waals surface area (Å²) in [5.41, 5.74) is 0.997. The van der Waals surface area contributed by atoms with Gasteiger partial charge in [-0.15, -0.1) is 6.58 Å². The Kier molecular flexibility index (Phi) is 3.43. The summed E-state index contributed by atoms with van der Waals surface area (Å²) >= 11 is 0. The highest BCUT2D eigenvalue weighted by Gasteiger charge is 2.13. The van der Waals surface area contributed by atoms with Gasteiger partial charge in [0.05, 0.1) is 4.90 Å². The SMILES string of the molecule is C=C[CH]OS(=O)(=O)[14c]1ccc(C)cc1. The van der Waals surface area contributed by atoms with Crippen molar-refractivity contribution < 1.29 is 12.6 Å². The number of hydrogen-bond donors (Lipinski definition) is 0. The van der Waals surface area contributed by atoms with Gasteiger partial charge in [-0.05, 0) is 19.1 Å². The Hall–Kier alpha value is -1.13. The summed E-state index contributed by atoms with van der Waals surface area (Å²) in [6.45, 7) is 6.25. The molecule has 0 fully saturated rings. The summed E-state index contributed by atoms with van der Waals surface area (Å²) in [6, 6.07) is 6.43. The molecule has 0 atom stereocenters. The van der Waals surface area contributed by atoms with Gasteiger partial charge in [0, 0.05) is 0 Å². The van der Waals surface area contributed by atoms with Gasteiger partial charge in [0.2, 0.25) is 0 Å². The quantitative estimate of drug-likeness (QED) is 0.719. The molecule has 14 heavy (non-hydrogen) atoms. The zero-order chi connectivity index (χ0) is 10.6. The van der Waals surface area contributed by atoms with Crippen LogP contribution in [0.2, 0.25) is 0 Å². The summed E-state index contributed by atoms with van der Waals surface area (Å²) in [7, 11) is -3.67. The molecule has 1 rings (SSSR count). The molecule has 4 heteroatoms. The lowest BCUT2D eigenvalue weighted by molar-refractivity contribution is 0.412. The van der Waals surface area contributed by atoms with E-state index in [1.54, 1.807) is 12.1 Å². The third-order valence-corrected chi connectivity index (χ3v) is 2.80. The fraction of sp³-hybridized carbons (Fsp3) is 0.100. The molecule has 0 heterocycles. The van der Waals surface area contributed by atoms with Crippen LogP contribution in [0.5, 0.6) is 0 Å². The van der Waals surface area contributed by atoms with E-state index in [0.29, 0.717) is 0 Å². The van der Waals surface area contributed by atoms with Crippen molar-refractivity contribution in [2.75, 3.05) is 0 Å². The molecule has 3 nitrogen and oxygen atoms in total. The van der Waals surface area contributed by atoms with E-state index in [4.69, 9.17) is 0 Å². The molecule has 0 spiro atoms. The van der Waals surface area contributed by atoms with Crippen LogP contribution in [0.1, 0.15) is 5.56 Å². The van der Waals surface area contributed by atoms with Gasteiger partial charge in [0.15, 0.2) is 0 Å². The van der Waals surface area contributed by atoms with Crippen molar-refractivity contribution >= 4 is 10.1 Å². The molecule has 0 aromatic heterocycles. The maximum Gasteiger partial charge on any atom is 0.297 e. The topological polar surface area (TPSA) is 43.4 Å². The summed E-state index contributed by atoms with van der Waals surface area (Å²) in [5, 5.41) is 0. The Balaban J connectivity index is 2.93. The van der Waals surface area contributed by atoms with E-state index in [0.717, 1.165) is 12.2 Å². The van der Waals surface area contributed by atoms with Gasteiger partial charge in [0.25, 0.3) is 10.1 Å². The summed E-state index contributed by atoms with van der Waals surface area (Å²) in [5.74, 6) is 0. The molecular formula is C10H11O3S. The monoisotopic (exact) mass is 213 g/mol. The molecular weight excluding hydrogens is 202 g/mol.